The van der Waals surface area contributed by atoms with Gasteiger partial charge in [-0.25, -0.2) is 58.6 Å². The van der Waals surface area contributed by atoms with Gasteiger partial charge in [0.15, 0.2) is 17.5 Å². The van der Waals surface area contributed by atoms with Gasteiger partial charge in [0.05, 0.1) is 132 Å². The monoisotopic (exact) mass is 2020 g/mol. The number of benzene rings is 4. The van der Waals surface area contributed by atoms with Crippen molar-refractivity contribution in [1.29, 1.82) is 0 Å². The molecule has 147 heavy (non-hydrogen) atoms. The molecule has 0 aliphatic carbocycles. The number of carbonyl (C=O) groups excluding carboxylic acids is 4. The molecule has 0 radical (unpaired) electrons. The Kier molecular flexibility index (Phi) is 37.1. The summed E-state index contributed by atoms with van der Waals surface area (Å²) in [5.41, 5.74) is 13.8. The van der Waals surface area contributed by atoms with Crippen LogP contribution in [-0.2, 0) is 26.2 Å². The maximum Gasteiger partial charge on any atom is 0.247 e. The average Bonchev–Trinajstić information content (AvgIpc) is 1.62. The van der Waals surface area contributed by atoms with Crippen LogP contribution >= 0.6 is 11.6 Å². The molecule has 10 N–H and O–H groups in total. The molecule has 0 spiro atoms. The van der Waals surface area contributed by atoms with Crippen LogP contribution in [0.2, 0.25) is 5.02 Å². The molecule has 39 nitrogen and oxygen atoms in total. The van der Waals surface area contributed by atoms with E-state index in [9.17, 15) is 28.0 Å². The summed E-state index contributed by atoms with van der Waals surface area (Å²) in [7, 11) is 30.3. The summed E-state index contributed by atoms with van der Waals surface area (Å²) >= 11 is 6.44. The van der Waals surface area contributed by atoms with Gasteiger partial charge in [-0.05, 0) is 180 Å². The smallest absolute Gasteiger partial charge is 0.247 e. The van der Waals surface area contributed by atoms with Crippen LogP contribution in [0.15, 0.2) is 204 Å². The van der Waals surface area contributed by atoms with Gasteiger partial charge in [-0.1, -0.05) is 37.9 Å². The van der Waals surface area contributed by atoms with E-state index in [1.807, 2.05) is 181 Å². The number of aromatic amines is 2. The van der Waals surface area contributed by atoms with Gasteiger partial charge in [0.2, 0.25) is 47.4 Å². The molecule has 4 amide bonds. The molecule has 10 aromatic heterocycles. The first-order valence-corrected chi connectivity index (χ1v) is 47.8. The lowest BCUT2D eigenvalue weighted by Gasteiger charge is -2.37. The van der Waals surface area contributed by atoms with Gasteiger partial charge in [-0.3, -0.25) is 19.2 Å². The molecule has 0 unspecified atom stereocenters. The number of piperidine rings is 2. The standard InChI is InChI=1S/C29H33FN8O2.C26H29ClN8O2.C26H30N8O2.C24H34FN7O2/c1-6-26(39)33-22-14-23(25(40-5)15-24(22)38-11-8-20(9-12-38)36(2)3)34-29-32-17-21(30)27(35-29)19-13-18-7-10-37(4)28(18)31-16-19;1-6-23(36)31-19-12-20(22(37-5)13-21(19)35(4)10-9-34(2)3)32-26-30-15-18(27)24(33-26)17-11-16-7-8-28-25(16)29-14-17;1-6-24(35)30-20-14-21(23(36-5)15-22(20)34(4)12-11-33(2)3)32-26-28-10-8-19(31-26)18-13-17-7-9-27-25(17)29-16-18;1-6-22(33)27-18-14-19(21(34-5)15-20(18)31(4)13-12-30(2)3)28-24-26-16-17(25)23(29-24)32-10-8-7-9-11-32/h6-7,10,13-17,20H,1,8-9,11-12H2,2-5H3,(H,33,39)(H,32,34,35);6-8,11-15H,1,9-10H2,2-5H3,(H,28,29)(H,31,36)(H,30,32,33);6-10,13-16H,1,11-12H2,2-5H3,(H,27,29)(H,30,35)(H,28,31,32);6,14-16H,1,7-13H2,2-5H3,(H,27,33)(H,26,28,29). The van der Waals surface area contributed by atoms with E-state index in [1.165, 1.54) is 36.7 Å². The predicted octanol–water partition coefficient (Wildman–Crippen LogP) is 16.5. The number of ether oxygens (including phenoxy) is 4. The molecular weight excluding hydrogens is 1900 g/mol. The number of amides is 4. The highest BCUT2D eigenvalue weighted by Gasteiger charge is 2.29. The fourth-order valence-electron chi connectivity index (χ4n) is 16.2. The van der Waals surface area contributed by atoms with E-state index in [4.69, 9.17) is 30.5 Å². The zero-order valence-corrected chi connectivity index (χ0v) is 86.3. The summed E-state index contributed by atoms with van der Waals surface area (Å²) in [4.78, 5) is 122. The van der Waals surface area contributed by atoms with Crippen molar-refractivity contribution in [2.75, 3.05) is 238 Å². The van der Waals surface area contributed by atoms with Crippen molar-refractivity contribution >= 4 is 166 Å². The SMILES string of the molecule is C=CC(=O)Nc1cc(Nc2ncc(Cl)c(-c3cnc4[nH]ccc4c3)n2)c(OC)cc1N(C)CCN(C)C.C=CC(=O)Nc1cc(Nc2ncc(F)c(-c3cnc4c(ccn4C)c3)n2)c(OC)cc1N1CCC(N(C)C)CC1.C=CC(=O)Nc1cc(Nc2ncc(F)c(N3CCCCC3)n2)c(OC)cc1N(C)CCN(C)C.C=CC(=O)Nc1cc(Nc2nccc(-c3cnc4[nH]ccc4c3)n2)c(OC)cc1N(C)CCN(C)C. The Labute approximate surface area is 858 Å². The number of anilines is 17. The average molecular weight is 2020 g/mol. The first-order chi connectivity index (χ1) is 70.7. The normalized spacial score (nSPS) is 12.4. The van der Waals surface area contributed by atoms with E-state index in [1.54, 1.807) is 71.4 Å². The highest BCUT2D eigenvalue weighted by molar-refractivity contribution is 6.33. The summed E-state index contributed by atoms with van der Waals surface area (Å²) in [5.74, 6) is 1.30. The lowest BCUT2D eigenvalue weighted by atomic mass is 10.0. The third kappa shape index (κ3) is 28.1. The van der Waals surface area contributed by atoms with Crippen LogP contribution in [0.25, 0.3) is 66.9 Å². The highest BCUT2D eigenvalue weighted by Crippen LogP contribution is 2.45. The number of fused-ring (bicyclic) bond motifs is 3. The first kappa shape index (κ1) is 108. The van der Waals surface area contributed by atoms with E-state index >= 15 is 0 Å². The number of aryl methyl sites for hydroxylation is 1. The molecule has 16 rings (SSSR count). The van der Waals surface area contributed by atoms with Gasteiger partial charge in [0.25, 0.3) is 0 Å². The van der Waals surface area contributed by atoms with Crippen LogP contribution in [0.3, 0.4) is 0 Å². The predicted molar refractivity (Wildman–Crippen MR) is 584 cm³/mol. The summed E-state index contributed by atoms with van der Waals surface area (Å²) in [6.45, 7) is 22.2. The zero-order valence-electron chi connectivity index (χ0n) is 85.5. The Balaban J connectivity index is 0.000000164. The van der Waals surface area contributed by atoms with Crippen LogP contribution < -0.4 is 86.0 Å². The Hall–Kier alpha value is -16.5. The number of H-pyrrole nitrogens is 2. The quantitative estimate of drug-likeness (QED) is 0.0161. The van der Waals surface area contributed by atoms with Crippen molar-refractivity contribution in [3.63, 3.8) is 0 Å². The Morgan fingerprint density at radius 1 is 0.429 bits per heavy atom. The molecule has 12 heterocycles. The molecule has 42 heteroatoms. The third-order valence-corrected chi connectivity index (χ3v) is 24.6. The number of methoxy groups -OCH3 is 4. The minimum absolute atomic E-state index is 0.121. The number of hydrogen-bond acceptors (Lipinski definition) is 32. The van der Waals surface area contributed by atoms with Gasteiger partial charge >= 0.3 is 0 Å². The number of rotatable bonds is 38. The Morgan fingerprint density at radius 3 is 1.31 bits per heavy atom. The second-order valence-electron chi connectivity index (χ2n) is 35.7. The van der Waals surface area contributed by atoms with Crippen LogP contribution in [0.5, 0.6) is 23.0 Å². The molecule has 0 atom stereocenters. The maximum atomic E-state index is 14.9. The molecule has 4 aromatic carbocycles. The Morgan fingerprint density at radius 2 is 0.837 bits per heavy atom. The number of nitrogens with zero attached hydrogens (tertiary/aromatic N) is 21. The number of halogens is 3. The summed E-state index contributed by atoms with van der Waals surface area (Å²) in [6.07, 6.45) is 26.2. The van der Waals surface area contributed by atoms with Gasteiger partial charge in [0.1, 0.15) is 45.6 Å². The largest absolute Gasteiger partial charge is 0.494 e. The van der Waals surface area contributed by atoms with Crippen molar-refractivity contribution in [2.45, 2.75) is 38.1 Å². The minimum atomic E-state index is -0.565. The van der Waals surface area contributed by atoms with Crippen molar-refractivity contribution in [1.82, 2.24) is 89.0 Å². The topological polar surface area (TPSA) is 409 Å². The van der Waals surface area contributed by atoms with Crippen LogP contribution in [0.1, 0.15) is 32.1 Å². The molecule has 0 bridgehead atoms. The first-order valence-electron chi connectivity index (χ1n) is 47.4. The van der Waals surface area contributed by atoms with Gasteiger partial charge in [-0.2, -0.15) is 4.98 Å². The summed E-state index contributed by atoms with van der Waals surface area (Å²) in [5, 5.41) is 27.5. The van der Waals surface area contributed by atoms with Crippen molar-refractivity contribution in [3.8, 4) is 56.8 Å². The molecule has 2 aliphatic heterocycles. The number of nitrogens with one attached hydrogen (secondary N) is 10. The highest BCUT2D eigenvalue weighted by atomic mass is 35.5. The minimum Gasteiger partial charge on any atom is -0.494 e. The van der Waals surface area contributed by atoms with Gasteiger partial charge in [-0.15, -0.1) is 0 Å². The van der Waals surface area contributed by atoms with E-state index in [0.29, 0.717) is 103 Å². The van der Waals surface area contributed by atoms with Crippen LogP contribution in [-0.4, -0.2) is 290 Å². The van der Waals surface area contributed by atoms with Crippen molar-refractivity contribution in [2.24, 2.45) is 7.05 Å². The number of hydrogen-bond donors (Lipinski definition) is 10. The van der Waals surface area contributed by atoms with E-state index in [0.717, 1.165) is 176 Å². The molecule has 2 saturated heterocycles. The fraction of sp³-hybridized carbons (Fsp3) is 0.305. The van der Waals surface area contributed by atoms with E-state index in [-0.39, 0.29) is 47.0 Å². The molecule has 770 valence electrons. The van der Waals surface area contributed by atoms with Crippen LogP contribution in [0, 0.1) is 11.6 Å². The third-order valence-electron chi connectivity index (χ3n) is 24.3. The second-order valence-corrected chi connectivity index (χ2v) is 36.1. The van der Waals surface area contributed by atoms with Gasteiger partial charge < -0.3 is 120 Å². The Bertz CT molecular complexity index is 7020. The number of pyridine rings is 3. The maximum absolute atomic E-state index is 14.9. The number of carbonyl (C=O) groups is 4. The molecular formula is C105H126ClF2N31O8. The molecule has 2 aliphatic rings. The lowest BCUT2D eigenvalue weighted by Crippen LogP contribution is -2.42. The summed E-state index contributed by atoms with van der Waals surface area (Å²) in [6, 6.07) is 28.6. The van der Waals surface area contributed by atoms with Crippen LogP contribution in [0.4, 0.5) is 107 Å². The zero-order chi connectivity index (χ0) is 105. The van der Waals surface area contributed by atoms with Gasteiger partial charge in [0, 0.05) is 200 Å². The van der Waals surface area contributed by atoms with E-state index < -0.39 is 11.6 Å². The number of likely N-dealkylation sites (N-methyl/N-ethyl adjacent to an activating group) is 6. The van der Waals surface area contributed by atoms with E-state index in [2.05, 4.69) is 177 Å². The lowest BCUT2D eigenvalue weighted by molar-refractivity contribution is -0.112. The van der Waals surface area contributed by atoms with Crippen molar-refractivity contribution < 1.29 is 46.9 Å². The molecule has 14 aromatic rings. The van der Waals surface area contributed by atoms with Crippen molar-refractivity contribution in [3.05, 3.63) is 220 Å². The second kappa shape index (κ2) is 50.6. The molecule has 2 fully saturated rings. The molecule has 0 saturated carbocycles. The fourth-order valence-corrected chi connectivity index (χ4v) is 16.4. The summed E-state index contributed by atoms with van der Waals surface area (Å²) < 4.78 is 53.9. The number of aromatic nitrogens is 14.